The van der Waals surface area contributed by atoms with Gasteiger partial charge in [0, 0.05) is 17.7 Å². The summed E-state index contributed by atoms with van der Waals surface area (Å²) in [4.78, 5) is 42.8. The second-order valence-corrected chi connectivity index (χ2v) is 9.15. The van der Waals surface area contributed by atoms with Gasteiger partial charge in [-0.15, -0.1) is 0 Å². The molecular weight excluding hydrogens is 465 g/mol. The zero-order valence-electron chi connectivity index (χ0n) is 18.7. The normalized spacial score (nSPS) is 23.3. The van der Waals surface area contributed by atoms with Gasteiger partial charge in [-0.1, -0.05) is 6.07 Å². The lowest BCUT2D eigenvalue weighted by Gasteiger charge is -2.40. The molecule has 2 aliphatic rings. The van der Waals surface area contributed by atoms with Crippen LogP contribution >= 0.6 is 0 Å². The number of aromatic nitrogens is 2. The number of ether oxygens (including phenoxy) is 1. The van der Waals surface area contributed by atoms with Crippen LogP contribution in [0, 0.1) is 17.5 Å². The number of amides is 1. The van der Waals surface area contributed by atoms with Crippen LogP contribution in [-0.2, 0) is 9.53 Å². The third kappa shape index (κ3) is 4.04. The van der Waals surface area contributed by atoms with Crippen molar-refractivity contribution in [2.45, 2.75) is 43.4 Å². The summed E-state index contributed by atoms with van der Waals surface area (Å²) in [6.45, 7) is 1.98. The highest BCUT2D eigenvalue weighted by molar-refractivity contribution is 5.83. The number of benzene rings is 2. The molecule has 8 nitrogen and oxygen atoms in total. The van der Waals surface area contributed by atoms with Crippen LogP contribution in [-0.4, -0.2) is 40.3 Å². The quantitative estimate of drug-likeness (QED) is 0.510. The maximum atomic E-state index is 14.3. The lowest BCUT2D eigenvalue weighted by molar-refractivity contribution is -0.130. The van der Waals surface area contributed by atoms with Gasteiger partial charge in [-0.25, -0.2) is 22.5 Å². The van der Waals surface area contributed by atoms with Crippen molar-refractivity contribution in [3.05, 3.63) is 80.3 Å². The van der Waals surface area contributed by atoms with Gasteiger partial charge in [0.05, 0.1) is 35.7 Å². The fourth-order valence-electron chi connectivity index (χ4n) is 5.17. The zero-order valence-corrected chi connectivity index (χ0v) is 18.7. The molecule has 2 aromatic carbocycles. The zero-order chi connectivity index (χ0) is 24.9. The summed E-state index contributed by atoms with van der Waals surface area (Å²) in [5, 5.41) is 5.90. The van der Waals surface area contributed by atoms with E-state index in [1.165, 1.54) is 19.1 Å². The molecule has 11 heteroatoms. The van der Waals surface area contributed by atoms with E-state index in [1.807, 2.05) is 0 Å². The highest BCUT2D eigenvalue weighted by Crippen LogP contribution is 2.37. The van der Waals surface area contributed by atoms with Crippen molar-refractivity contribution in [2.24, 2.45) is 0 Å². The highest BCUT2D eigenvalue weighted by atomic mass is 19.1. The molecule has 3 aromatic rings. The Morgan fingerprint density at radius 3 is 2.69 bits per heavy atom. The molecule has 0 spiro atoms. The van der Waals surface area contributed by atoms with E-state index in [4.69, 9.17) is 4.74 Å². The third-order valence-electron chi connectivity index (χ3n) is 6.82. The van der Waals surface area contributed by atoms with E-state index in [2.05, 4.69) is 15.6 Å². The lowest BCUT2D eigenvalue weighted by atomic mass is 9.87. The van der Waals surface area contributed by atoms with E-state index in [0.29, 0.717) is 25.5 Å². The molecular formula is C24H23F3N4O4. The van der Waals surface area contributed by atoms with Gasteiger partial charge in [0.25, 0.3) is 5.56 Å². The smallest absolute Gasteiger partial charge is 0.329 e. The van der Waals surface area contributed by atoms with E-state index in [1.54, 1.807) is 0 Å². The predicted octanol–water partition coefficient (Wildman–Crippen LogP) is 2.05. The molecule has 2 bridgehead atoms. The summed E-state index contributed by atoms with van der Waals surface area (Å²) in [5.74, 6) is -3.01. The van der Waals surface area contributed by atoms with Crippen LogP contribution in [0.5, 0.6) is 0 Å². The lowest BCUT2D eigenvalue weighted by Crippen LogP contribution is -2.64. The van der Waals surface area contributed by atoms with Crippen LogP contribution in [0.1, 0.15) is 37.4 Å². The summed E-state index contributed by atoms with van der Waals surface area (Å²) in [7, 11) is 0. The highest BCUT2D eigenvalue weighted by Gasteiger charge is 2.52. The van der Waals surface area contributed by atoms with Crippen molar-refractivity contribution in [1.29, 1.82) is 0 Å². The fraction of sp³-hybridized carbons (Fsp3) is 0.375. The largest absolute Gasteiger partial charge is 0.378 e. The second kappa shape index (κ2) is 8.65. The SMILES string of the molecule is C[C@@H](NC(=O)[C@H](n1c(=O)[nH]c2ccc(F)cc2c1=O)[C@@]12CC[C@@H](COC1)N2)c1ccc(F)cc1F. The standard InChI is InChI=1S/C24H23F3N4O4/c1-12(16-4-2-14(26)9-18(16)27)28-21(32)20(24-7-6-15(30-24)10-35-11-24)31-22(33)17-8-13(25)3-5-19(17)29-23(31)34/h2-5,8-9,12,15,20,30H,6-7,10-11H2,1H3,(H,28,32)(H,29,34)/t12-,15+,20+,24-/m1/s1. The van der Waals surface area contributed by atoms with Crippen molar-refractivity contribution in [3.63, 3.8) is 0 Å². The van der Waals surface area contributed by atoms with E-state index in [0.717, 1.165) is 22.8 Å². The van der Waals surface area contributed by atoms with Crippen LogP contribution in [0.25, 0.3) is 10.9 Å². The van der Waals surface area contributed by atoms with Crippen molar-refractivity contribution < 1.29 is 22.7 Å². The monoisotopic (exact) mass is 488 g/mol. The number of aromatic amines is 1. The average Bonchev–Trinajstić information content (AvgIpc) is 3.10. The molecule has 1 aromatic heterocycles. The first kappa shape index (κ1) is 23.3. The van der Waals surface area contributed by atoms with E-state index >= 15 is 0 Å². The van der Waals surface area contributed by atoms with Gasteiger partial charge >= 0.3 is 5.69 Å². The third-order valence-corrected chi connectivity index (χ3v) is 6.82. The van der Waals surface area contributed by atoms with Crippen molar-refractivity contribution in [2.75, 3.05) is 13.2 Å². The van der Waals surface area contributed by atoms with E-state index in [9.17, 15) is 27.6 Å². The van der Waals surface area contributed by atoms with E-state index < -0.39 is 52.2 Å². The summed E-state index contributed by atoms with van der Waals surface area (Å²) >= 11 is 0. The molecule has 0 saturated carbocycles. The number of nitrogens with zero attached hydrogens (tertiary/aromatic N) is 1. The molecule has 0 unspecified atom stereocenters. The van der Waals surface area contributed by atoms with Gasteiger partial charge < -0.3 is 20.4 Å². The number of morpholine rings is 1. The molecule has 184 valence electrons. The second-order valence-electron chi connectivity index (χ2n) is 9.15. The number of halogens is 3. The molecule has 0 radical (unpaired) electrons. The maximum Gasteiger partial charge on any atom is 0.329 e. The Kier molecular flexibility index (Phi) is 5.76. The predicted molar refractivity (Wildman–Crippen MR) is 120 cm³/mol. The Bertz CT molecular complexity index is 1430. The molecule has 5 rings (SSSR count). The first-order valence-corrected chi connectivity index (χ1v) is 11.2. The Hall–Kier alpha value is -3.44. The Morgan fingerprint density at radius 1 is 1.17 bits per heavy atom. The molecule has 2 saturated heterocycles. The molecule has 3 heterocycles. The Labute approximate surface area is 197 Å². The molecule has 3 N–H and O–H groups in total. The van der Waals surface area contributed by atoms with Crippen LogP contribution in [0.15, 0.2) is 46.0 Å². The number of hydrogen-bond donors (Lipinski definition) is 3. The molecule has 35 heavy (non-hydrogen) atoms. The fourth-order valence-corrected chi connectivity index (χ4v) is 5.17. The van der Waals surface area contributed by atoms with Crippen molar-refractivity contribution in [1.82, 2.24) is 20.2 Å². The number of carbonyl (C=O) groups excluding carboxylic acids is 1. The maximum absolute atomic E-state index is 14.3. The van der Waals surface area contributed by atoms with Crippen LogP contribution in [0.2, 0.25) is 0 Å². The number of H-pyrrole nitrogens is 1. The topological polar surface area (TPSA) is 105 Å². The summed E-state index contributed by atoms with van der Waals surface area (Å²) in [6.07, 6.45) is 1.09. The van der Waals surface area contributed by atoms with Gasteiger partial charge in [-0.05, 0) is 44.0 Å². The van der Waals surface area contributed by atoms with Crippen LogP contribution < -0.4 is 21.9 Å². The summed E-state index contributed by atoms with van der Waals surface area (Å²) in [5.41, 5.74) is -2.61. The Morgan fingerprint density at radius 2 is 1.91 bits per heavy atom. The van der Waals surface area contributed by atoms with Gasteiger partial charge in [0.15, 0.2) is 0 Å². The van der Waals surface area contributed by atoms with Crippen molar-refractivity contribution >= 4 is 16.8 Å². The number of hydrogen-bond acceptors (Lipinski definition) is 5. The molecule has 2 fully saturated rings. The first-order chi connectivity index (χ1) is 16.7. The number of nitrogens with one attached hydrogen (secondary N) is 3. The molecule has 0 aliphatic carbocycles. The molecule has 4 atom stereocenters. The first-order valence-electron chi connectivity index (χ1n) is 11.2. The summed E-state index contributed by atoms with van der Waals surface area (Å²) in [6, 6.07) is 4.02. The van der Waals surface area contributed by atoms with E-state index in [-0.39, 0.29) is 29.1 Å². The minimum atomic E-state index is -1.39. The summed E-state index contributed by atoms with van der Waals surface area (Å²) < 4.78 is 48.1. The minimum absolute atomic E-state index is 0.0370. The minimum Gasteiger partial charge on any atom is -0.378 e. The molecule has 2 aliphatic heterocycles. The number of fused-ring (bicyclic) bond motifs is 3. The van der Waals surface area contributed by atoms with Crippen LogP contribution in [0.4, 0.5) is 13.2 Å². The number of rotatable bonds is 5. The van der Waals surface area contributed by atoms with Gasteiger partial charge in [-0.2, -0.15) is 0 Å². The molecule has 1 amide bonds. The van der Waals surface area contributed by atoms with Crippen LogP contribution in [0.3, 0.4) is 0 Å². The number of carbonyl (C=O) groups is 1. The Balaban J connectivity index is 1.62. The van der Waals surface area contributed by atoms with Gasteiger partial charge in [-0.3, -0.25) is 9.59 Å². The average molecular weight is 488 g/mol. The van der Waals surface area contributed by atoms with Gasteiger partial charge in [0.1, 0.15) is 23.5 Å². The van der Waals surface area contributed by atoms with Crippen molar-refractivity contribution in [3.8, 4) is 0 Å². The van der Waals surface area contributed by atoms with Gasteiger partial charge in [0.2, 0.25) is 5.91 Å².